The molecule has 3 N–H and O–H groups in total. The molecule has 4 rings (SSSR count). The van der Waals surface area contributed by atoms with Crippen molar-refractivity contribution >= 4 is 33.7 Å². The van der Waals surface area contributed by atoms with Crippen LogP contribution in [0.1, 0.15) is 30.6 Å². The van der Waals surface area contributed by atoms with Gasteiger partial charge in [-0.05, 0) is 36.5 Å². The number of rotatable bonds is 2. The molecule has 0 bridgehead atoms. The van der Waals surface area contributed by atoms with Crippen LogP contribution in [-0.2, 0) is 0 Å². The lowest BCUT2D eigenvalue weighted by molar-refractivity contribution is 0.100. The lowest BCUT2D eigenvalue weighted by Gasteiger charge is -2.36. The summed E-state index contributed by atoms with van der Waals surface area (Å²) in [6.45, 7) is 6.53. The molecule has 2 atom stereocenters. The van der Waals surface area contributed by atoms with Gasteiger partial charge in [-0.2, -0.15) is 0 Å². The fourth-order valence-corrected chi connectivity index (χ4v) is 3.94. The van der Waals surface area contributed by atoms with Crippen LogP contribution in [0.4, 0.5) is 5.82 Å². The van der Waals surface area contributed by atoms with Gasteiger partial charge in [0.15, 0.2) is 0 Å². The predicted molar refractivity (Wildman–Crippen MR) is 95.1 cm³/mol. The van der Waals surface area contributed by atoms with Crippen LogP contribution in [0, 0.1) is 11.8 Å². The Morgan fingerprint density at radius 2 is 2.00 bits per heavy atom. The molecule has 6 heteroatoms. The van der Waals surface area contributed by atoms with Gasteiger partial charge in [0, 0.05) is 29.6 Å². The third-order valence-corrected chi connectivity index (χ3v) is 4.82. The van der Waals surface area contributed by atoms with E-state index in [1.807, 2.05) is 12.1 Å². The minimum atomic E-state index is -0.426. The number of fused-ring (bicyclic) bond motifs is 3. The van der Waals surface area contributed by atoms with Crippen LogP contribution < -0.4 is 10.6 Å². The standard InChI is InChI=1S/C18H21N5O/c1-10-5-11(2)8-23(7-10)18-15-13-6-12(16(19)24)3-4-14(13)22-17(15)20-9-21-18/h3-4,6,9-11H,5,7-8H2,1-2H3,(H2,19,24)(H,20,21,22). The van der Waals surface area contributed by atoms with Crippen LogP contribution in [0.5, 0.6) is 0 Å². The minimum absolute atomic E-state index is 0.426. The van der Waals surface area contributed by atoms with Crippen LogP contribution in [0.25, 0.3) is 21.9 Å². The Morgan fingerprint density at radius 1 is 1.25 bits per heavy atom. The van der Waals surface area contributed by atoms with Crippen molar-refractivity contribution < 1.29 is 4.79 Å². The van der Waals surface area contributed by atoms with Crippen molar-refractivity contribution in [2.24, 2.45) is 17.6 Å². The number of nitrogens with two attached hydrogens (primary N) is 1. The third kappa shape index (κ3) is 2.38. The van der Waals surface area contributed by atoms with Crippen molar-refractivity contribution in [3.05, 3.63) is 30.1 Å². The lowest BCUT2D eigenvalue weighted by Crippen LogP contribution is -2.39. The van der Waals surface area contributed by atoms with Gasteiger partial charge in [-0.1, -0.05) is 13.8 Å². The van der Waals surface area contributed by atoms with Gasteiger partial charge in [0.05, 0.1) is 5.39 Å². The summed E-state index contributed by atoms with van der Waals surface area (Å²) in [5, 5.41) is 1.92. The monoisotopic (exact) mass is 323 g/mol. The summed E-state index contributed by atoms with van der Waals surface area (Å²) in [7, 11) is 0. The first-order valence-corrected chi connectivity index (χ1v) is 8.34. The largest absolute Gasteiger partial charge is 0.366 e. The molecule has 2 aromatic heterocycles. The summed E-state index contributed by atoms with van der Waals surface area (Å²) in [6, 6.07) is 5.45. The van der Waals surface area contributed by atoms with Gasteiger partial charge >= 0.3 is 0 Å². The second kappa shape index (κ2) is 5.47. The molecular weight excluding hydrogens is 302 g/mol. The van der Waals surface area contributed by atoms with Crippen LogP contribution >= 0.6 is 0 Å². The maximum Gasteiger partial charge on any atom is 0.248 e. The summed E-state index contributed by atoms with van der Waals surface area (Å²) < 4.78 is 0. The molecule has 0 spiro atoms. The maximum atomic E-state index is 11.5. The Bertz CT molecular complexity index is 922. The number of amides is 1. The summed E-state index contributed by atoms with van der Waals surface area (Å²) >= 11 is 0. The van der Waals surface area contributed by atoms with Crippen LogP contribution in [0.2, 0.25) is 0 Å². The average Bonchev–Trinajstić information content (AvgIpc) is 2.91. The van der Waals surface area contributed by atoms with E-state index in [4.69, 9.17) is 5.73 Å². The first-order valence-electron chi connectivity index (χ1n) is 8.34. The molecule has 124 valence electrons. The van der Waals surface area contributed by atoms with E-state index in [1.165, 1.54) is 6.42 Å². The second-order valence-electron chi connectivity index (χ2n) is 7.02. The number of piperidine rings is 1. The Kier molecular flexibility index (Phi) is 3.40. The summed E-state index contributed by atoms with van der Waals surface area (Å²) in [5.74, 6) is 1.77. The molecule has 3 aromatic rings. The molecule has 0 aliphatic carbocycles. The number of nitrogens with zero attached hydrogens (tertiary/aromatic N) is 3. The molecule has 1 saturated heterocycles. The highest BCUT2D eigenvalue weighted by atomic mass is 16.1. The molecule has 6 nitrogen and oxygen atoms in total. The maximum absolute atomic E-state index is 11.5. The molecule has 1 aromatic carbocycles. The van der Waals surface area contributed by atoms with E-state index < -0.39 is 5.91 Å². The molecule has 3 heterocycles. The van der Waals surface area contributed by atoms with Crippen LogP contribution in [-0.4, -0.2) is 33.9 Å². The Hall–Kier alpha value is -2.63. The molecule has 24 heavy (non-hydrogen) atoms. The number of primary amides is 1. The number of nitrogens with one attached hydrogen (secondary N) is 1. The summed E-state index contributed by atoms with van der Waals surface area (Å²) in [5.41, 5.74) is 7.68. The SMILES string of the molecule is CC1CC(C)CN(c2ncnc3[nH]c4ccc(C(N)=O)cc4c23)C1. The number of hydrogen-bond acceptors (Lipinski definition) is 4. The van der Waals surface area contributed by atoms with Gasteiger partial charge in [0.1, 0.15) is 17.8 Å². The number of H-pyrrole nitrogens is 1. The molecule has 1 amide bonds. The van der Waals surface area contributed by atoms with Gasteiger partial charge in [0.25, 0.3) is 0 Å². The quantitative estimate of drug-likeness (QED) is 0.759. The summed E-state index contributed by atoms with van der Waals surface area (Å²) in [4.78, 5) is 26.2. The fraction of sp³-hybridized carbons (Fsp3) is 0.389. The van der Waals surface area contributed by atoms with Crippen LogP contribution in [0.15, 0.2) is 24.5 Å². The molecule has 0 radical (unpaired) electrons. The van der Waals surface area contributed by atoms with E-state index in [0.29, 0.717) is 17.4 Å². The van der Waals surface area contributed by atoms with Gasteiger partial charge in [-0.25, -0.2) is 9.97 Å². The normalized spacial score (nSPS) is 21.5. The number of anilines is 1. The minimum Gasteiger partial charge on any atom is -0.366 e. The highest BCUT2D eigenvalue weighted by Gasteiger charge is 2.25. The topological polar surface area (TPSA) is 87.9 Å². The number of benzene rings is 1. The molecular formula is C18H21N5O. The highest BCUT2D eigenvalue weighted by Crippen LogP contribution is 2.34. The average molecular weight is 323 g/mol. The number of aromatic nitrogens is 3. The zero-order valence-corrected chi connectivity index (χ0v) is 13.9. The lowest BCUT2D eigenvalue weighted by atomic mass is 9.92. The number of carbonyl (C=O) groups is 1. The molecule has 2 unspecified atom stereocenters. The van der Waals surface area contributed by atoms with Crippen molar-refractivity contribution in [1.82, 2.24) is 15.0 Å². The Morgan fingerprint density at radius 3 is 2.71 bits per heavy atom. The van der Waals surface area contributed by atoms with Crippen molar-refractivity contribution in [1.29, 1.82) is 0 Å². The van der Waals surface area contributed by atoms with Gasteiger partial charge in [-0.15, -0.1) is 0 Å². The fourth-order valence-electron chi connectivity index (χ4n) is 3.94. The zero-order chi connectivity index (χ0) is 16.8. The van der Waals surface area contributed by atoms with Gasteiger partial charge in [0.2, 0.25) is 5.91 Å². The number of hydrogen-bond donors (Lipinski definition) is 2. The second-order valence-corrected chi connectivity index (χ2v) is 7.02. The van der Waals surface area contributed by atoms with E-state index in [2.05, 4.69) is 33.7 Å². The van der Waals surface area contributed by atoms with Crippen molar-refractivity contribution in [3.63, 3.8) is 0 Å². The van der Waals surface area contributed by atoms with Gasteiger partial charge < -0.3 is 15.6 Å². The molecule has 1 aliphatic heterocycles. The van der Waals surface area contributed by atoms with E-state index in [9.17, 15) is 4.79 Å². The molecule has 1 fully saturated rings. The first kappa shape index (κ1) is 14.9. The van der Waals surface area contributed by atoms with E-state index in [1.54, 1.807) is 12.4 Å². The number of aromatic amines is 1. The van der Waals surface area contributed by atoms with Crippen molar-refractivity contribution in [2.45, 2.75) is 20.3 Å². The predicted octanol–water partition coefficient (Wildman–Crippen LogP) is 2.69. The van der Waals surface area contributed by atoms with Crippen molar-refractivity contribution in [2.75, 3.05) is 18.0 Å². The Labute approximate surface area is 140 Å². The van der Waals surface area contributed by atoms with Crippen molar-refractivity contribution in [3.8, 4) is 0 Å². The first-order chi connectivity index (χ1) is 11.5. The molecule has 1 aliphatic rings. The zero-order valence-electron chi connectivity index (χ0n) is 13.9. The number of carbonyl (C=O) groups excluding carboxylic acids is 1. The molecule has 0 saturated carbocycles. The Balaban J connectivity index is 1.93. The van der Waals surface area contributed by atoms with E-state index in [0.717, 1.165) is 40.8 Å². The van der Waals surface area contributed by atoms with E-state index >= 15 is 0 Å². The highest BCUT2D eigenvalue weighted by molar-refractivity contribution is 6.13. The van der Waals surface area contributed by atoms with Crippen LogP contribution in [0.3, 0.4) is 0 Å². The smallest absolute Gasteiger partial charge is 0.248 e. The van der Waals surface area contributed by atoms with Gasteiger partial charge in [-0.3, -0.25) is 4.79 Å². The van der Waals surface area contributed by atoms with E-state index in [-0.39, 0.29) is 0 Å². The summed E-state index contributed by atoms with van der Waals surface area (Å²) in [6.07, 6.45) is 2.84. The third-order valence-electron chi connectivity index (χ3n) is 4.82.